The van der Waals surface area contributed by atoms with Gasteiger partial charge >= 0.3 is 0 Å². The summed E-state index contributed by atoms with van der Waals surface area (Å²) in [5, 5.41) is 0. The van der Waals surface area contributed by atoms with Gasteiger partial charge in [-0.3, -0.25) is 4.21 Å². The Kier molecular flexibility index (Phi) is 2.11. The molecule has 0 aliphatic heterocycles. The second kappa shape index (κ2) is 2.88. The number of aromatic nitrogens is 1. The number of hydrogen-bond donors (Lipinski definition) is 0. The van der Waals surface area contributed by atoms with Crippen molar-refractivity contribution in [3.8, 4) is 0 Å². The summed E-state index contributed by atoms with van der Waals surface area (Å²) < 4.78 is 23.0. The maximum atomic E-state index is 12.3. The summed E-state index contributed by atoms with van der Waals surface area (Å²) in [6, 6.07) is 2.69. The molecule has 0 amide bonds. The lowest BCUT2D eigenvalue weighted by molar-refractivity contribution is 0.578. The molecule has 0 aliphatic carbocycles. The van der Waals surface area contributed by atoms with Crippen molar-refractivity contribution in [3.63, 3.8) is 0 Å². The Hall–Kier alpha value is -0.770. The summed E-state index contributed by atoms with van der Waals surface area (Å²) in [5.74, 6) is -0.590. The fourth-order valence-electron chi connectivity index (χ4n) is 0.564. The molecule has 1 aromatic heterocycles. The lowest BCUT2D eigenvalue weighted by atomic mass is 10.5. The second-order valence-electron chi connectivity index (χ2n) is 1.77. The maximum absolute atomic E-state index is 12.3. The van der Waals surface area contributed by atoms with Gasteiger partial charge in [0, 0.05) is 34.2 Å². The molecule has 0 saturated carbocycles. The molecule has 1 aromatic rings. The summed E-state index contributed by atoms with van der Waals surface area (Å²) in [5.41, 5.74) is 0. The topological polar surface area (TPSA) is 30.0 Å². The molecule has 0 aliphatic rings. The summed E-state index contributed by atoms with van der Waals surface area (Å²) in [4.78, 5) is 3.79. The molecule has 0 radical (unpaired) electrons. The van der Waals surface area contributed by atoms with Crippen molar-refractivity contribution in [2.75, 3.05) is 6.26 Å². The van der Waals surface area contributed by atoms with E-state index in [9.17, 15) is 8.60 Å². The zero-order valence-corrected chi connectivity index (χ0v) is 6.19. The molecule has 1 rings (SSSR count). The van der Waals surface area contributed by atoms with E-state index in [1.54, 1.807) is 0 Å². The molecule has 0 bridgehead atoms. The van der Waals surface area contributed by atoms with Gasteiger partial charge in [-0.2, -0.15) is 4.39 Å². The summed E-state index contributed by atoms with van der Waals surface area (Å²) >= 11 is 0. The van der Waals surface area contributed by atoms with E-state index < -0.39 is 16.7 Å². The highest BCUT2D eigenvalue weighted by atomic mass is 32.2. The standard InChI is InChI=1S/C6H6FNOS/c1-10(9)5-2-3-8-6(7)4-5/h2-4H,1H3. The minimum Gasteiger partial charge on any atom is -0.255 e. The highest BCUT2D eigenvalue weighted by molar-refractivity contribution is 7.84. The first-order valence-corrected chi connectivity index (χ1v) is 4.21. The monoisotopic (exact) mass is 159 g/mol. The van der Waals surface area contributed by atoms with Crippen LogP contribution in [0.2, 0.25) is 0 Å². The third-order valence-electron chi connectivity index (χ3n) is 1.03. The minimum absolute atomic E-state index is 0.465. The SMILES string of the molecule is CS(=O)c1ccnc(F)c1. The van der Waals surface area contributed by atoms with Crippen LogP contribution >= 0.6 is 0 Å². The van der Waals surface area contributed by atoms with Crippen LogP contribution in [0.5, 0.6) is 0 Å². The Bertz CT molecular complexity index is 264. The minimum atomic E-state index is -1.12. The van der Waals surface area contributed by atoms with Crippen LogP contribution in [0.4, 0.5) is 4.39 Å². The van der Waals surface area contributed by atoms with Gasteiger partial charge in [-0.15, -0.1) is 0 Å². The Morgan fingerprint density at radius 3 is 2.80 bits per heavy atom. The average molecular weight is 159 g/mol. The lowest BCUT2D eigenvalue weighted by Gasteiger charge is -1.92. The van der Waals surface area contributed by atoms with E-state index in [2.05, 4.69) is 4.98 Å². The average Bonchev–Trinajstić information content (AvgIpc) is 1.88. The fourth-order valence-corrected chi connectivity index (χ4v) is 1.08. The number of rotatable bonds is 1. The molecule has 10 heavy (non-hydrogen) atoms. The largest absolute Gasteiger partial charge is 0.255 e. The number of halogens is 1. The van der Waals surface area contributed by atoms with Gasteiger partial charge in [0.25, 0.3) is 0 Å². The quantitative estimate of drug-likeness (QED) is 0.571. The first kappa shape index (κ1) is 7.34. The Morgan fingerprint density at radius 1 is 1.70 bits per heavy atom. The van der Waals surface area contributed by atoms with Crippen molar-refractivity contribution < 1.29 is 8.60 Å². The van der Waals surface area contributed by atoms with Gasteiger partial charge in [-0.25, -0.2) is 4.98 Å². The van der Waals surface area contributed by atoms with Crippen LogP contribution < -0.4 is 0 Å². The van der Waals surface area contributed by atoms with E-state index in [0.717, 1.165) is 6.07 Å². The molecule has 1 atom stereocenters. The van der Waals surface area contributed by atoms with Crippen LogP contribution in [0.3, 0.4) is 0 Å². The van der Waals surface area contributed by atoms with Crippen LogP contribution in [0.25, 0.3) is 0 Å². The van der Waals surface area contributed by atoms with Gasteiger partial charge in [0.2, 0.25) is 5.95 Å². The van der Waals surface area contributed by atoms with Crippen molar-refractivity contribution in [1.82, 2.24) is 4.98 Å². The first-order valence-electron chi connectivity index (χ1n) is 2.65. The summed E-state index contributed by atoms with van der Waals surface area (Å²) in [6.07, 6.45) is 2.79. The van der Waals surface area contributed by atoms with E-state index in [4.69, 9.17) is 0 Å². The Balaban J connectivity index is 3.07. The van der Waals surface area contributed by atoms with E-state index in [1.807, 2.05) is 0 Å². The molecule has 1 heterocycles. The first-order chi connectivity index (χ1) is 4.70. The second-order valence-corrected chi connectivity index (χ2v) is 3.15. The zero-order chi connectivity index (χ0) is 7.56. The number of pyridine rings is 1. The lowest BCUT2D eigenvalue weighted by Crippen LogP contribution is -1.89. The molecular formula is C6H6FNOS. The zero-order valence-electron chi connectivity index (χ0n) is 5.37. The van der Waals surface area contributed by atoms with Crippen LogP contribution in [-0.2, 0) is 10.8 Å². The van der Waals surface area contributed by atoms with Gasteiger partial charge in [0.05, 0.1) is 0 Å². The van der Waals surface area contributed by atoms with Crippen molar-refractivity contribution in [2.24, 2.45) is 0 Å². The molecule has 4 heteroatoms. The van der Waals surface area contributed by atoms with Crippen molar-refractivity contribution in [1.29, 1.82) is 0 Å². The molecule has 54 valence electrons. The third kappa shape index (κ3) is 1.60. The molecular weight excluding hydrogens is 153 g/mol. The van der Waals surface area contributed by atoms with Gasteiger partial charge in [-0.05, 0) is 6.07 Å². The van der Waals surface area contributed by atoms with Crippen LogP contribution in [0, 0.1) is 5.95 Å². The predicted molar refractivity (Wildman–Crippen MR) is 36.5 cm³/mol. The van der Waals surface area contributed by atoms with Crippen molar-refractivity contribution in [3.05, 3.63) is 24.3 Å². The Morgan fingerprint density at radius 2 is 2.40 bits per heavy atom. The summed E-state index contributed by atoms with van der Waals surface area (Å²) in [6.45, 7) is 0. The third-order valence-corrected chi connectivity index (χ3v) is 1.95. The molecule has 0 N–H and O–H groups in total. The van der Waals surface area contributed by atoms with Crippen LogP contribution in [0.1, 0.15) is 0 Å². The molecule has 0 spiro atoms. The van der Waals surface area contributed by atoms with E-state index >= 15 is 0 Å². The molecule has 0 fully saturated rings. The number of nitrogens with zero attached hydrogens (tertiary/aromatic N) is 1. The highest BCUT2D eigenvalue weighted by Gasteiger charge is 1.97. The molecule has 1 unspecified atom stereocenters. The summed E-state index contributed by atoms with van der Waals surface area (Å²) in [7, 11) is -1.12. The normalized spacial score (nSPS) is 13.0. The van der Waals surface area contributed by atoms with E-state index in [-0.39, 0.29) is 0 Å². The molecule has 0 saturated heterocycles. The fraction of sp³-hybridized carbons (Fsp3) is 0.167. The van der Waals surface area contributed by atoms with Gasteiger partial charge < -0.3 is 0 Å². The number of hydrogen-bond acceptors (Lipinski definition) is 2. The highest BCUT2D eigenvalue weighted by Crippen LogP contribution is 2.03. The maximum Gasteiger partial charge on any atom is 0.214 e. The van der Waals surface area contributed by atoms with Crippen molar-refractivity contribution >= 4 is 10.8 Å². The van der Waals surface area contributed by atoms with Crippen LogP contribution in [0.15, 0.2) is 23.2 Å². The van der Waals surface area contributed by atoms with E-state index in [0.29, 0.717) is 4.90 Å². The van der Waals surface area contributed by atoms with Gasteiger partial charge in [0.1, 0.15) is 0 Å². The van der Waals surface area contributed by atoms with Crippen molar-refractivity contribution in [2.45, 2.75) is 4.90 Å². The van der Waals surface area contributed by atoms with Gasteiger partial charge in [0.15, 0.2) is 0 Å². The molecule has 0 aromatic carbocycles. The van der Waals surface area contributed by atoms with Crippen LogP contribution in [-0.4, -0.2) is 15.4 Å². The smallest absolute Gasteiger partial charge is 0.214 e. The predicted octanol–water partition coefficient (Wildman–Crippen LogP) is 0.958. The van der Waals surface area contributed by atoms with Gasteiger partial charge in [-0.1, -0.05) is 0 Å². The molecule has 2 nitrogen and oxygen atoms in total. The Labute approximate surface area is 60.6 Å². The van der Waals surface area contributed by atoms with E-state index in [1.165, 1.54) is 18.5 Å².